The summed E-state index contributed by atoms with van der Waals surface area (Å²) >= 11 is 0. The summed E-state index contributed by atoms with van der Waals surface area (Å²) in [5, 5.41) is 13.4. The van der Waals surface area contributed by atoms with Crippen LogP contribution >= 0.6 is 0 Å². The van der Waals surface area contributed by atoms with Crippen LogP contribution < -0.4 is 10.1 Å². The highest BCUT2D eigenvalue weighted by molar-refractivity contribution is 5.29. The summed E-state index contributed by atoms with van der Waals surface area (Å²) in [6.07, 6.45) is 0.595. The van der Waals surface area contributed by atoms with Crippen LogP contribution in [0.3, 0.4) is 0 Å². The molecule has 1 aromatic carbocycles. The SMILES string of the molecule is CCCNC(C)C(O)c1ccc(OCC)cc1. The number of aliphatic hydroxyl groups is 1. The number of hydrogen-bond acceptors (Lipinski definition) is 3. The van der Waals surface area contributed by atoms with Crippen LogP contribution in [0.2, 0.25) is 0 Å². The van der Waals surface area contributed by atoms with Crippen molar-refractivity contribution < 1.29 is 9.84 Å². The number of ether oxygens (including phenoxy) is 1. The monoisotopic (exact) mass is 237 g/mol. The van der Waals surface area contributed by atoms with Crippen molar-refractivity contribution >= 4 is 0 Å². The van der Waals surface area contributed by atoms with Crippen molar-refractivity contribution in [1.82, 2.24) is 5.32 Å². The lowest BCUT2D eigenvalue weighted by atomic mass is 10.0. The second-order valence-electron chi connectivity index (χ2n) is 4.19. The molecular formula is C14H23NO2. The first-order valence-electron chi connectivity index (χ1n) is 6.33. The van der Waals surface area contributed by atoms with E-state index in [1.165, 1.54) is 0 Å². The van der Waals surface area contributed by atoms with Crippen LogP contribution in [0.4, 0.5) is 0 Å². The number of nitrogens with one attached hydrogen (secondary N) is 1. The van der Waals surface area contributed by atoms with E-state index < -0.39 is 6.10 Å². The van der Waals surface area contributed by atoms with E-state index in [0.717, 1.165) is 24.3 Å². The fraction of sp³-hybridized carbons (Fsp3) is 0.571. The molecule has 0 heterocycles. The molecule has 0 fully saturated rings. The molecule has 0 aliphatic carbocycles. The van der Waals surface area contributed by atoms with Crippen LogP contribution in [0.1, 0.15) is 38.9 Å². The molecule has 0 saturated carbocycles. The largest absolute Gasteiger partial charge is 0.494 e. The zero-order valence-electron chi connectivity index (χ0n) is 10.9. The number of rotatable bonds is 7. The number of benzene rings is 1. The minimum atomic E-state index is -0.475. The molecule has 2 atom stereocenters. The van der Waals surface area contributed by atoms with Crippen molar-refractivity contribution in [2.45, 2.75) is 39.3 Å². The van der Waals surface area contributed by atoms with Crippen LogP contribution in [0.15, 0.2) is 24.3 Å². The minimum Gasteiger partial charge on any atom is -0.494 e. The Morgan fingerprint density at radius 2 is 1.88 bits per heavy atom. The van der Waals surface area contributed by atoms with E-state index in [-0.39, 0.29) is 6.04 Å². The van der Waals surface area contributed by atoms with Gasteiger partial charge in [0.2, 0.25) is 0 Å². The van der Waals surface area contributed by atoms with Gasteiger partial charge in [-0.3, -0.25) is 0 Å². The first-order valence-corrected chi connectivity index (χ1v) is 6.33. The molecule has 1 aromatic rings. The van der Waals surface area contributed by atoms with E-state index in [1.54, 1.807) is 0 Å². The van der Waals surface area contributed by atoms with Crippen molar-refractivity contribution in [2.24, 2.45) is 0 Å². The maximum absolute atomic E-state index is 10.1. The average Bonchev–Trinajstić information content (AvgIpc) is 2.36. The Balaban J connectivity index is 2.58. The Hall–Kier alpha value is -1.06. The van der Waals surface area contributed by atoms with Crippen molar-refractivity contribution in [3.63, 3.8) is 0 Å². The second-order valence-corrected chi connectivity index (χ2v) is 4.19. The summed E-state index contributed by atoms with van der Waals surface area (Å²) in [4.78, 5) is 0. The van der Waals surface area contributed by atoms with Gasteiger partial charge in [0.25, 0.3) is 0 Å². The van der Waals surface area contributed by atoms with Crippen LogP contribution in [0.5, 0.6) is 5.75 Å². The lowest BCUT2D eigenvalue weighted by molar-refractivity contribution is 0.136. The van der Waals surface area contributed by atoms with Gasteiger partial charge in [-0.2, -0.15) is 0 Å². The summed E-state index contributed by atoms with van der Waals surface area (Å²) in [6.45, 7) is 7.66. The first-order chi connectivity index (χ1) is 8.19. The molecular weight excluding hydrogens is 214 g/mol. The summed E-state index contributed by atoms with van der Waals surface area (Å²) < 4.78 is 5.37. The Bertz CT molecular complexity index is 311. The van der Waals surface area contributed by atoms with Crippen LogP contribution in [-0.2, 0) is 0 Å². The molecule has 0 aromatic heterocycles. The Kier molecular flexibility index (Phi) is 6.01. The summed E-state index contributed by atoms with van der Waals surface area (Å²) in [7, 11) is 0. The molecule has 0 spiro atoms. The predicted octanol–water partition coefficient (Wildman–Crippen LogP) is 2.51. The Morgan fingerprint density at radius 3 is 2.41 bits per heavy atom. The lowest BCUT2D eigenvalue weighted by Gasteiger charge is -2.20. The number of hydrogen-bond donors (Lipinski definition) is 2. The van der Waals surface area contributed by atoms with Crippen LogP contribution in [-0.4, -0.2) is 24.3 Å². The highest BCUT2D eigenvalue weighted by atomic mass is 16.5. The van der Waals surface area contributed by atoms with Crippen LogP contribution in [0.25, 0.3) is 0 Å². The molecule has 0 bridgehead atoms. The molecule has 0 amide bonds. The third-order valence-electron chi connectivity index (χ3n) is 2.72. The zero-order chi connectivity index (χ0) is 12.7. The number of aliphatic hydroxyl groups excluding tert-OH is 1. The van der Waals surface area contributed by atoms with Gasteiger partial charge in [0.05, 0.1) is 12.7 Å². The molecule has 2 unspecified atom stereocenters. The van der Waals surface area contributed by atoms with Gasteiger partial charge in [-0.1, -0.05) is 19.1 Å². The molecule has 3 heteroatoms. The van der Waals surface area contributed by atoms with E-state index in [2.05, 4.69) is 12.2 Å². The van der Waals surface area contributed by atoms with Gasteiger partial charge in [-0.25, -0.2) is 0 Å². The quantitative estimate of drug-likeness (QED) is 0.765. The van der Waals surface area contributed by atoms with E-state index in [1.807, 2.05) is 38.1 Å². The summed E-state index contributed by atoms with van der Waals surface area (Å²) in [6, 6.07) is 7.69. The summed E-state index contributed by atoms with van der Waals surface area (Å²) in [5.74, 6) is 0.845. The van der Waals surface area contributed by atoms with Crippen molar-refractivity contribution in [2.75, 3.05) is 13.2 Å². The first kappa shape index (κ1) is 14.0. The van der Waals surface area contributed by atoms with E-state index in [9.17, 15) is 5.11 Å². The third-order valence-corrected chi connectivity index (χ3v) is 2.72. The second kappa shape index (κ2) is 7.30. The molecule has 0 radical (unpaired) electrons. The van der Waals surface area contributed by atoms with Gasteiger partial charge in [-0.05, 0) is 44.5 Å². The molecule has 0 aliphatic heterocycles. The van der Waals surface area contributed by atoms with Gasteiger partial charge >= 0.3 is 0 Å². The predicted molar refractivity (Wildman–Crippen MR) is 70.3 cm³/mol. The minimum absolute atomic E-state index is 0.0629. The Morgan fingerprint density at radius 1 is 1.24 bits per heavy atom. The maximum Gasteiger partial charge on any atom is 0.119 e. The highest BCUT2D eigenvalue weighted by Gasteiger charge is 2.15. The smallest absolute Gasteiger partial charge is 0.119 e. The lowest BCUT2D eigenvalue weighted by Crippen LogP contribution is -2.32. The van der Waals surface area contributed by atoms with Crippen molar-refractivity contribution in [3.05, 3.63) is 29.8 Å². The molecule has 2 N–H and O–H groups in total. The van der Waals surface area contributed by atoms with E-state index in [4.69, 9.17) is 4.74 Å². The van der Waals surface area contributed by atoms with Crippen molar-refractivity contribution in [1.29, 1.82) is 0 Å². The standard InChI is InChI=1S/C14H23NO2/c1-4-10-15-11(3)14(16)12-6-8-13(9-7-12)17-5-2/h6-9,11,14-16H,4-5,10H2,1-3H3. The van der Waals surface area contributed by atoms with Gasteiger partial charge in [0.15, 0.2) is 0 Å². The normalized spacial score (nSPS) is 14.4. The van der Waals surface area contributed by atoms with E-state index >= 15 is 0 Å². The van der Waals surface area contributed by atoms with Gasteiger partial charge in [0.1, 0.15) is 5.75 Å². The highest BCUT2D eigenvalue weighted by Crippen LogP contribution is 2.20. The van der Waals surface area contributed by atoms with Gasteiger partial charge < -0.3 is 15.2 Å². The van der Waals surface area contributed by atoms with Crippen LogP contribution in [0, 0.1) is 0 Å². The molecule has 0 saturated heterocycles. The fourth-order valence-corrected chi connectivity index (χ4v) is 1.70. The third kappa shape index (κ3) is 4.36. The molecule has 17 heavy (non-hydrogen) atoms. The molecule has 1 rings (SSSR count). The van der Waals surface area contributed by atoms with Gasteiger partial charge in [0, 0.05) is 6.04 Å². The fourth-order valence-electron chi connectivity index (χ4n) is 1.70. The summed E-state index contributed by atoms with van der Waals surface area (Å²) in [5.41, 5.74) is 0.921. The molecule has 0 aliphatic rings. The maximum atomic E-state index is 10.1. The topological polar surface area (TPSA) is 41.5 Å². The Labute approximate surface area is 104 Å². The zero-order valence-corrected chi connectivity index (χ0v) is 10.9. The molecule has 96 valence electrons. The van der Waals surface area contributed by atoms with E-state index in [0.29, 0.717) is 6.61 Å². The van der Waals surface area contributed by atoms with Gasteiger partial charge in [-0.15, -0.1) is 0 Å². The average molecular weight is 237 g/mol. The van der Waals surface area contributed by atoms with Crippen molar-refractivity contribution in [3.8, 4) is 5.75 Å². The molecule has 3 nitrogen and oxygen atoms in total.